The Bertz CT molecular complexity index is 895. The van der Waals surface area contributed by atoms with Crippen LogP contribution in [0.5, 0.6) is 0 Å². The van der Waals surface area contributed by atoms with Gasteiger partial charge in [0, 0.05) is 0 Å². The molecule has 0 atom stereocenters. The van der Waals surface area contributed by atoms with Gasteiger partial charge in [0.15, 0.2) is 0 Å². The number of aryl methyl sites for hydroxylation is 1. The summed E-state index contributed by atoms with van der Waals surface area (Å²) >= 11 is -3.19. The quantitative estimate of drug-likeness (QED) is 0.395. The first-order chi connectivity index (χ1) is 13.3. The van der Waals surface area contributed by atoms with Gasteiger partial charge in [-0.3, -0.25) is 0 Å². The van der Waals surface area contributed by atoms with Crippen LogP contribution in [0.15, 0.2) is 115 Å². The topological polar surface area (TPSA) is 0 Å². The van der Waals surface area contributed by atoms with E-state index in [0.717, 1.165) is 4.44 Å². The predicted octanol–water partition coefficient (Wildman–Crippen LogP) is 4.25. The first-order valence-corrected chi connectivity index (χ1v) is 15.8. The van der Waals surface area contributed by atoms with Crippen LogP contribution in [0.4, 0.5) is 0 Å². The standard InChI is InChI=1S/C8H9.3C6H5.Sn/c1-7-4-3-5-8(2)6-7;3*1-2-4-6-5-3-1;/h3-6H,1H2,2H3;3*1-5H;. The number of benzene rings is 4. The molecular weight excluding hydrogens is 431 g/mol. The Balaban J connectivity index is 2.00. The summed E-state index contributed by atoms with van der Waals surface area (Å²) < 4.78 is 5.73. The molecule has 4 aromatic carbocycles. The van der Waals surface area contributed by atoms with Gasteiger partial charge in [0.2, 0.25) is 0 Å². The molecule has 0 saturated heterocycles. The minimum absolute atomic E-state index is 1.13. The van der Waals surface area contributed by atoms with E-state index < -0.39 is 18.4 Å². The Hall–Kier alpha value is -2.32. The van der Waals surface area contributed by atoms with Gasteiger partial charge in [0.1, 0.15) is 0 Å². The van der Waals surface area contributed by atoms with Crippen molar-refractivity contribution in [1.82, 2.24) is 0 Å². The monoisotopic (exact) mass is 456 g/mol. The summed E-state index contributed by atoms with van der Waals surface area (Å²) in [4.78, 5) is 0. The van der Waals surface area contributed by atoms with Crippen molar-refractivity contribution < 1.29 is 0 Å². The van der Waals surface area contributed by atoms with E-state index in [9.17, 15) is 0 Å². The molecule has 4 rings (SSSR count). The van der Waals surface area contributed by atoms with Crippen LogP contribution in [-0.2, 0) is 4.44 Å². The van der Waals surface area contributed by atoms with Crippen molar-refractivity contribution in [3.8, 4) is 0 Å². The Morgan fingerprint density at radius 3 is 1.37 bits per heavy atom. The van der Waals surface area contributed by atoms with Gasteiger partial charge in [-0.2, -0.15) is 0 Å². The molecule has 0 amide bonds. The molecular formula is C26H24Sn. The van der Waals surface area contributed by atoms with Crippen molar-refractivity contribution in [2.24, 2.45) is 0 Å². The van der Waals surface area contributed by atoms with Gasteiger partial charge < -0.3 is 0 Å². The van der Waals surface area contributed by atoms with Crippen molar-refractivity contribution >= 4 is 29.1 Å². The Morgan fingerprint density at radius 1 is 0.519 bits per heavy atom. The van der Waals surface area contributed by atoms with Crippen LogP contribution in [0, 0.1) is 6.92 Å². The van der Waals surface area contributed by atoms with E-state index in [2.05, 4.69) is 122 Å². The third-order valence-corrected chi connectivity index (χ3v) is 19.3. The zero-order valence-electron chi connectivity index (χ0n) is 15.7. The molecule has 0 N–H and O–H groups in total. The molecule has 0 aliphatic carbocycles. The number of hydrogen-bond acceptors (Lipinski definition) is 0. The average molecular weight is 455 g/mol. The molecule has 0 saturated carbocycles. The van der Waals surface area contributed by atoms with Crippen LogP contribution in [-0.4, -0.2) is 18.4 Å². The van der Waals surface area contributed by atoms with E-state index in [1.165, 1.54) is 21.9 Å². The van der Waals surface area contributed by atoms with Crippen LogP contribution in [0.3, 0.4) is 0 Å². The van der Waals surface area contributed by atoms with Crippen molar-refractivity contribution in [3.63, 3.8) is 0 Å². The first-order valence-electron chi connectivity index (χ1n) is 9.51. The summed E-state index contributed by atoms with van der Waals surface area (Å²) in [5, 5.41) is 0. The molecule has 1 heteroatoms. The van der Waals surface area contributed by atoms with E-state index in [4.69, 9.17) is 0 Å². The first kappa shape index (κ1) is 18.1. The third-order valence-electron chi connectivity index (χ3n) is 5.35. The maximum absolute atomic E-state index is 3.19. The molecule has 0 radical (unpaired) electrons. The third kappa shape index (κ3) is 3.72. The minimum atomic E-state index is -3.19. The van der Waals surface area contributed by atoms with Crippen molar-refractivity contribution in [2.75, 3.05) is 0 Å². The fourth-order valence-electron chi connectivity index (χ4n) is 4.10. The van der Waals surface area contributed by atoms with Crippen LogP contribution >= 0.6 is 0 Å². The van der Waals surface area contributed by atoms with Crippen LogP contribution in [0.25, 0.3) is 0 Å². The van der Waals surface area contributed by atoms with Crippen molar-refractivity contribution in [1.29, 1.82) is 0 Å². The van der Waals surface area contributed by atoms with Gasteiger partial charge in [-0.05, 0) is 0 Å². The molecule has 0 aliphatic heterocycles. The van der Waals surface area contributed by atoms with Crippen molar-refractivity contribution in [2.45, 2.75) is 11.4 Å². The summed E-state index contributed by atoms with van der Waals surface area (Å²) in [5.41, 5.74) is 2.78. The fraction of sp³-hybridized carbons (Fsp3) is 0.0769. The average Bonchev–Trinajstić information content (AvgIpc) is 2.74. The Labute approximate surface area is 166 Å². The van der Waals surface area contributed by atoms with E-state index in [-0.39, 0.29) is 0 Å². The fourth-order valence-corrected chi connectivity index (χ4v) is 17.6. The normalized spacial score (nSPS) is 11.3. The SMILES string of the molecule is Cc1cccc([CH2][Sn]([c]2ccccc2)([c]2ccccc2)[c]2ccccc2)c1. The van der Waals surface area contributed by atoms with Gasteiger partial charge >= 0.3 is 167 Å². The molecule has 132 valence electrons. The molecule has 4 aromatic rings. The second-order valence-electron chi connectivity index (χ2n) is 7.17. The van der Waals surface area contributed by atoms with Gasteiger partial charge in [-0.25, -0.2) is 0 Å². The Kier molecular flexibility index (Phi) is 5.45. The Morgan fingerprint density at radius 2 is 0.963 bits per heavy atom. The van der Waals surface area contributed by atoms with Crippen molar-refractivity contribution in [3.05, 3.63) is 126 Å². The molecule has 0 spiro atoms. The number of hydrogen-bond donors (Lipinski definition) is 0. The van der Waals surface area contributed by atoms with Gasteiger partial charge in [-0.15, -0.1) is 0 Å². The zero-order chi connectivity index (χ0) is 18.5. The van der Waals surface area contributed by atoms with Gasteiger partial charge in [-0.1, -0.05) is 0 Å². The van der Waals surface area contributed by atoms with E-state index in [0.29, 0.717) is 0 Å². The summed E-state index contributed by atoms with van der Waals surface area (Å²) in [6.45, 7) is 2.19. The summed E-state index contributed by atoms with van der Waals surface area (Å²) in [6, 6.07) is 42.7. The van der Waals surface area contributed by atoms with Crippen LogP contribution < -0.4 is 10.7 Å². The molecule has 0 heterocycles. The molecule has 0 fully saturated rings. The second kappa shape index (κ2) is 8.14. The molecule has 27 heavy (non-hydrogen) atoms. The zero-order valence-corrected chi connectivity index (χ0v) is 18.5. The van der Waals surface area contributed by atoms with E-state index in [1.54, 1.807) is 0 Å². The summed E-state index contributed by atoms with van der Waals surface area (Å²) in [5.74, 6) is 0. The van der Waals surface area contributed by atoms with E-state index >= 15 is 0 Å². The van der Waals surface area contributed by atoms with Crippen LogP contribution in [0.2, 0.25) is 0 Å². The summed E-state index contributed by atoms with van der Waals surface area (Å²) in [6.07, 6.45) is 0. The van der Waals surface area contributed by atoms with E-state index in [1.807, 2.05) is 0 Å². The molecule has 0 aromatic heterocycles. The van der Waals surface area contributed by atoms with Gasteiger partial charge in [0.05, 0.1) is 0 Å². The molecule has 0 bridgehead atoms. The predicted molar refractivity (Wildman–Crippen MR) is 119 cm³/mol. The molecule has 0 aliphatic rings. The van der Waals surface area contributed by atoms with Gasteiger partial charge in [0.25, 0.3) is 0 Å². The summed E-state index contributed by atoms with van der Waals surface area (Å²) in [7, 11) is 0. The maximum atomic E-state index is 2.36. The molecule has 0 unspecified atom stereocenters. The number of rotatable bonds is 5. The second-order valence-corrected chi connectivity index (χ2v) is 18.3. The van der Waals surface area contributed by atoms with Crippen LogP contribution in [0.1, 0.15) is 11.1 Å². The molecule has 0 nitrogen and oxygen atoms in total.